The second kappa shape index (κ2) is 12.0. The molecular formula is C29H33ClN2O5. The van der Waals surface area contributed by atoms with Crippen LogP contribution in [0, 0.1) is 6.92 Å². The maximum absolute atomic E-state index is 13.1. The lowest BCUT2D eigenvalue weighted by molar-refractivity contribution is 0.0523. The van der Waals surface area contributed by atoms with Crippen LogP contribution in [0.3, 0.4) is 0 Å². The number of amides is 1. The predicted octanol–water partition coefficient (Wildman–Crippen LogP) is 6.11. The molecule has 1 aromatic heterocycles. The second-order valence-electron chi connectivity index (χ2n) is 9.58. The molecule has 196 valence electrons. The van der Waals surface area contributed by atoms with Crippen LogP contribution < -0.4 is 20.3 Å². The van der Waals surface area contributed by atoms with Crippen LogP contribution in [0.5, 0.6) is 11.5 Å². The Morgan fingerprint density at radius 2 is 1.89 bits per heavy atom. The number of rotatable bonds is 9. The van der Waals surface area contributed by atoms with Crippen molar-refractivity contribution in [3.8, 4) is 11.5 Å². The van der Waals surface area contributed by atoms with Gasteiger partial charge in [0, 0.05) is 18.3 Å². The van der Waals surface area contributed by atoms with Gasteiger partial charge in [0.15, 0.2) is 0 Å². The molecule has 1 N–H and O–H groups in total. The molecule has 0 atom stereocenters. The summed E-state index contributed by atoms with van der Waals surface area (Å²) >= 11 is 6.44. The predicted molar refractivity (Wildman–Crippen MR) is 146 cm³/mol. The third-order valence-corrected chi connectivity index (χ3v) is 5.91. The van der Waals surface area contributed by atoms with E-state index >= 15 is 0 Å². The molecule has 3 rings (SSSR count). The normalized spacial score (nSPS) is 11.1. The van der Waals surface area contributed by atoms with Crippen LogP contribution in [0.1, 0.15) is 48.7 Å². The first-order valence-electron chi connectivity index (χ1n) is 11.9. The molecule has 0 radical (unpaired) electrons. The third kappa shape index (κ3) is 7.64. The maximum Gasteiger partial charge on any atom is 0.407 e. The van der Waals surface area contributed by atoms with Gasteiger partial charge in [-0.1, -0.05) is 48.5 Å². The van der Waals surface area contributed by atoms with E-state index in [-0.39, 0.29) is 23.7 Å². The topological polar surface area (TPSA) is 78.8 Å². The molecule has 0 saturated heterocycles. The van der Waals surface area contributed by atoms with Crippen LogP contribution in [0.15, 0.2) is 59.9 Å². The molecule has 1 heterocycles. The van der Waals surface area contributed by atoms with Gasteiger partial charge in [0.1, 0.15) is 28.7 Å². The highest BCUT2D eigenvalue weighted by atomic mass is 35.5. The van der Waals surface area contributed by atoms with Crippen LogP contribution in [-0.2, 0) is 24.4 Å². The first-order valence-corrected chi connectivity index (χ1v) is 12.2. The van der Waals surface area contributed by atoms with Crippen molar-refractivity contribution in [1.82, 2.24) is 9.88 Å². The van der Waals surface area contributed by atoms with E-state index in [2.05, 4.69) is 11.9 Å². The Labute approximate surface area is 222 Å². The van der Waals surface area contributed by atoms with Gasteiger partial charge in [-0.25, -0.2) is 4.79 Å². The highest BCUT2D eigenvalue weighted by Gasteiger charge is 2.17. The Kier molecular flexibility index (Phi) is 9.05. The van der Waals surface area contributed by atoms with Crippen LogP contribution in [-0.4, -0.2) is 23.4 Å². The summed E-state index contributed by atoms with van der Waals surface area (Å²) in [5, 5.41) is 2.78. The van der Waals surface area contributed by atoms with Crippen LogP contribution in [0.2, 0.25) is 5.02 Å². The number of ether oxygens (including phenoxy) is 3. The average Bonchev–Trinajstić information content (AvgIpc) is 2.86. The summed E-state index contributed by atoms with van der Waals surface area (Å²) in [6.07, 6.45) is 1.21. The number of nitrogens with one attached hydrogen (secondary N) is 1. The van der Waals surface area contributed by atoms with E-state index in [9.17, 15) is 9.59 Å². The zero-order chi connectivity index (χ0) is 27.2. The zero-order valence-corrected chi connectivity index (χ0v) is 22.6. The minimum Gasteiger partial charge on any atom is -0.497 e. The highest BCUT2D eigenvalue weighted by molar-refractivity contribution is 6.31. The lowest BCUT2D eigenvalue weighted by Gasteiger charge is -2.20. The highest BCUT2D eigenvalue weighted by Crippen LogP contribution is 2.25. The fourth-order valence-electron chi connectivity index (χ4n) is 3.69. The molecule has 0 spiro atoms. The maximum atomic E-state index is 13.1. The molecule has 3 aromatic rings. The number of methoxy groups -OCH3 is 1. The molecule has 0 bridgehead atoms. The van der Waals surface area contributed by atoms with Gasteiger partial charge < -0.3 is 24.1 Å². The molecule has 7 nitrogen and oxygen atoms in total. The summed E-state index contributed by atoms with van der Waals surface area (Å²) in [6, 6.07) is 15.0. The number of halogens is 1. The van der Waals surface area contributed by atoms with Gasteiger partial charge in [0.05, 0.1) is 13.7 Å². The standard InChI is InChI=1S/C29H33ClN2O5/c1-7-20-11-12-22(23(14-20)16-31-28(34)37-29(3,4)5)18-36-25-13-19(2)32(27(33)26(25)30)17-21-9-8-10-24(15-21)35-6/h7-15H,1,16-18H2,2-6H3,(H,31,34). The van der Waals surface area contributed by atoms with Crippen molar-refractivity contribution in [3.63, 3.8) is 0 Å². The van der Waals surface area contributed by atoms with Gasteiger partial charge in [0.2, 0.25) is 0 Å². The smallest absolute Gasteiger partial charge is 0.407 e. The van der Waals surface area contributed by atoms with Gasteiger partial charge in [-0.15, -0.1) is 0 Å². The summed E-state index contributed by atoms with van der Waals surface area (Å²) in [5.74, 6) is 1.01. The van der Waals surface area contributed by atoms with Crippen LogP contribution in [0.25, 0.3) is 6.08 Å². The molecule has 0 unspecified atom stereocenters. The molecule has 0 aliphatic carbocycles. The number of hydrogen-bond donors (Lipinski definition) is 1. The monoisotopic (exact) mass is 524 g/mol. The van der Waals surface area contributed by atoms with E-state index in [1.54, 1.807) is 44.6 Å². The minimum absolute atomic E-state index is 0.00429. The fourth-order valence-corrected chi connectivity index (χ4v) is 3.90. The molecule has 0 aliphatic heterocycles. The fraction of sp³-hybridized carbons (Fsp3) is 0.310. The van der Waals surface area contributed by atoms with E-state index in [1.165, 1.54) is 0 Å². The SMILES string of the molecule is C=Cc1ccc(COc2cc(C)n(Cc3cccc(OC)c3)c(=O)c2Cl)c(CNC(=O)OC(C)(C)C)c1. The molecule has 8 heteroatoms. The Balaban J connectivity index is 1.79. The first-order chi connectivity index (χ1) is 17.5. The van der Waals surface area contributed by atoms with E-state index in [0.717, 1.165) is 22.3 Å². The molecule has 0 aliphatic rings. The molecule has 0 saturated carbocycles. The number of alkyl carbamates (subject to hydrolysis) is 1. The third-order valence-electron chi connectivity index (χ3n) is 5.56. The van der Waals surface area contributed by atoms with Crippen LogP contribution >= 0.6 is 11.6 Å². The average molecular weight is 525 g/mol. The Morgan fingerprint density at radius 1 is 1.14 bits per heavy atom. The summed E-state index contributed by atoms with van der Waals surface area (Å²) in [6.45, 7) is 11.8. The van der Waals surface area contributed by atoms with Crippen molar-refractivity contribution >= 4 is 23.8 Å². The van der Waals surface area contributed by atoms with Crippen molar-refractivity contribution in [2.45, 2.75) is 53.0 Å². The van der Waals surface area contributed by atoms with Crippen molar-refractivity contribution in [3.05, 3.63) is 98.4 Å². The summed E-state index contributed by atoms with van der Waals surface area (Å²) < 4.78 is 18.2. The van der Waals surface area contributed by atoms with Crippen molar-refractivity contribution < 1.29 is 19.0 Å². The van der Waals surface area contributed by atoms with Gasteiger partial charge >= 0.3 is 6.09 Å². The van der Waals surface area contributed by atoms with E-state index in [0.29, 0.717) is 23.7 Å². The van der Waals surface area contributed by atoms with E-state index in [4.69, 9.17) is 25.8 Å². The zero-order valence-electron chi connectivity index (χ0n) is 21.9. The van der Waals surface area contributed by atoms with Gasteiger partial charge in [0.25, 0.3) is 5.56 Å². The lowest BCUT2D eigenvalue weighted by Crippen LogP contribution is -2.32. The number of carbonyl (C=O) groups is 1. The molecule has 1 amide bonds. The van der Waals surface area contributed by atoms with Crippen molar-refractivity contribution in [2.75, 3.05) is 7.11 Å². The van der Waals surface area contributed by atoms with E-state index < -0.39 is 11.7 Å². The largest absolute Gasteiger partial charge is 0.497 e. The number of benzene rings is 2. The van der Waals surface area contributed by atoms with Crippen molar-refractivity contribution in [1.29, 1.82) is 0 Å². The molecule has 0 fully saturated rings. The number of nitrogens with zero attached hydrogens (tertiary/aromatic N) is 1. The van der Waals surface area contributed by atoms with Crippen LogP contribution in [0.4, 0.5) is 4.79 Å². The number of aromatic nitrogens is 1. The number of pyridine rings is 1. The minimum atomic E-state index is -0.597. The Hall–Kier alpha value is -3.71. The second-order valence-corrected chi connectivity index (χ2v) is 9.96. The van der Waals surface area contributed by atoms with Gasteiger partial charge in [-0.2, -0.15) is 0 Å². The lowest BCUT2D eigenvalue weighted by atomic mass is 10.0. The molecular weight excluding hydrogens is 492 g/mol. The summed E-state index contributed by atoms with van der Waals surface area (Å²) in [4.78, 5) is 25.2. The molecule has 2 aromatic carbocycles. The number of aryl methyl sites for hydroxylation is 1. The first kappa shape index (κ1) is 27.9. The summed E-state index contributed by atoms with van der Waals surface area (Å²) in [5.41, 5.74) is 3.26. The van der Waals surface area contributed by atoms with Gasteiger partial charge in [-0.05, 0) is 68.1 Å². The van der Waals surface area contributed by atoms with Gasteiger partial charge in [-0.3, -0.25) is 4.79 Å². The Morgan fingerprint density at radius 3 is 2.57 bits per heavy atom. The number of carbonyl (C=O) groups excluding carboxylic acids is 1. The Bertz CT molecular complexity index is 1340. The summed E-state index contributed by atoms with van der Waals surface area (Å²) in [7, 11) is 1.60. The number of hydrogen-bond acceptors (Lipinski definition) is 5. The molecule has 37 heavy (non-hydrogen) atoms. The van der Waals surface area contributed by atoms with E-state index in [1.807, 2.05) is 49.4 Å². The van der Waals surface area contributed by atoms with Crippen molar-refractivity contribution in [2.24, 2.45) is 0 Å². The quantitative estimate of drug-likeness (QED) is 0.365.